The maximum Gasteiger partial charge on any atom is 0.264 e. The highest BCUT2D eigenvalue weighted by Crippen LogP contribution is 2.13. The summed E-state index contributed by atoms with van der Waals surface area (Å²) in [5.41, 5.74) is 6.35. The van der Waals surface area contributed by atoms with E-state index in [0.29, 0.717) is 13.0 Å². The van der Waals surface area contributed by atoms with E-state index in [-0.39, 0.29) is 17.3 Å². The van der Waals surface area contributed by atoms with Gasteiger partial charge in [0.25, 0.3) is 10.1 Å². The molecule has 6 nitrogen and oxygen atoms in total. The minimum atomic E-state index is -3.62. The highest BCUT2D eigenvalue weighted by atomic mass is 32.2. The first-order valence-electron chi connectivity index (χ1n) is 5.61. The van der Waals surface area contributed by atoms with Crippen LogP contribution < -0.4 is 5.73 Å². The summed E-state index contributed by atoms with van der Waals surface area (Å²) in [6.07, 6.45) is 1.55. The summed E-state index contributed by atoms with van der Waals surface area (Å²) >= 11 is 0. The van der Waals surface area contributed by atoms with E-state index in [1.807, 2.05) is 0 Å². The molecule has 0 aromatic heterocycles. The molecule has 0 spiro atoms. The molecule has 0 bridgehead atoms. The largest absolute Gasteiger partial charge is 0.330 e. The van der Waals surface area contributed by atoms with Crippen LogP contribution in [0.15, 0.2) is 29.2 Å². The molecule has 0 unspecified atom stereocenters. The predicted octanol–water partition coefficient (Wildman–Crippen LogP) is -0.0623. The molecule has 1 aromatic carbocycles. The van der Waals surface area contributed by atoms with Crippen LogP contribution in [0.2, 0.25) is 0 Å². The molecule has 0 aliphatic heterocycles. The Hall–Kier alpha value is -0.960. The fraction of sp³-hybridized carbons (Fsp3) is 0.455. The molecule has 0 radical (unpaired) electrons. The lowest BCUT2D eigenvalue weighted by molar-refractivity contribution is 0.343. The van der Waals surface area contributed by atoms with Gasteiger partial charge in [-0.15, -0.1) is 0 Å². The Morgan fingerprint density at radius 2 is 1.68 bits per heavy atom. The Balaban J connectivity index is 2.72. The van der Waals surface area contributed by atoms with E-state index in [1.165, 1.54) is 12.1 Å². The quantitative estimate of drug-likeness (QED) is 0.708. The van der Waals surface area contributed by atoms with Crippen molar-refractivity contribution in [3.05, 3.63) is 29.8 Å². The normalized spacial score (nSPS) is 12.5. The van der Waals surface area contributed by atoms with Crippen molar-refractivity contribution >= 4 is 20.0 Å². The Labute approximate surface area is 113 Å². The Kier molecular flexibility index (Phi) is 5.48. The van der Waals surface area contributed by atoms with Crippen LogP contribution in [-0.2, 0) is 30.6 Å². The maximum atomic E-state index is 11.9. The Morgan fingerprint density at radius 1 is 1.11 bits per heavy atom. The van der Waals surface area contributed by atoms with Gasteiger partial charge < -0.3 is 5.73 Å². The molecule has 0 aliphatic rings. The van der Waals surface area contributed by atoms with Gasteiger partial charge in [0.1, 0.15) is 0 Å². The molecule has 2 N–H and O–H groups in total. The third kappa shape index (κ3) is 5.68. The monoisotopic (exact) mass is 307 g/mol. The molecule has 0 saturated carbocycles. The van der Waals surface area contributed by atoms with Gasteiger partial charge in [-0.25, -0.2) is 8.42 Å². The lowest BCUT2D eigenvalue weighted by atomic mass is 10.2. The standard InChI is InChI=1S/C11H17NO5S2/c1-18(13,14)17-8-9-19(15,16)11-4-2-10(3-5-11)6-7-12/h2-5H,6-9,12H2,1H3. The van der Waals surface area contributed by atoms with Crippen LogP contribution in [-0.4, -0.2) is 42.0 Å². The summed E-state index contributed by atoms with van der Waals surface area (Å²) in [6, 6.07) is 6.36. The van der Waals surface area contributed by atoms with Crippen LogP contribution in [0.4, 0.5) is 0 Å². The summed E-state index contributed by atoms with van der Waals surface area (Å²) in [5.74, 6) is -0.379. The summed E-state index contributed by atoms with van der Waals surface area (Å²) in [5, 5.41) is 0. The minimum Gasteiger partial charge on any atom is -0.330 e. The highest BCUT2D eigenvalue weighted by molar-refractivity contribution is 7.91. The molecule has 0 amide bonds. The second-order valence-electron chi connectivity index (χ2n) is 4.03. The number of hydrogen-bond donors (Lipinski definition) is 1. The van der Waals surface area contributed by atoms with Crippen molar-refractivity contribution in [3.63, 3.8) is 0 Å². The van der Waals surface area contributed by atoms with Crippen LogP contribution in [0.25, 0.3) is 0 Å². The first kappa shape index (κ1) is 16.1. The van der Waals surface area contributed by atoms with Crippen LogP contribution in [0.3, 0.4) is 0 Å². The van der Waals surface area contributed by atoms with Gasteiger partial charge in [0.2, 0.25) is 0 Å². The summed E-state index contributed by atoms with van der Waals surface area (Å²) < 4.78 is 49.7. The van der Waals surface area contributed by atoms with Crippen molar-refractivity contribution in [3.8, 4) is 0 Å². The van der Waals surface area contributed by atoms with E-state index in [4.69, 9.17) is 5.73 Å². The zero-order chi connectivity index (χ0) is 14.5. The molecule has 0 saturated heterocycles. The lowest BCUT2D eigenvalue weighted by Crippen LogP contribution is -2.15. The molecule has 0 atom stereocenters. The molecule has 8 heteroatoms. The van der Waals surface area contributed by atoms with Crippen molar-refractivity contribution in [2.24, 2.45) is 5.73 Å². The fourth-order valence-electron chi connectivity index (χ4n) is 1.44. The molecular weight excluding hydrogens is 290 g/mol. The van der Waals surface area contributed by atoms with Crippen LogP contribution in [0.5, 0.6) is 0 Å². The Morgan fingerprint density at radius 3 is 2.16 bits per heavy atom. The van der Waals surface area contributed by atoms with E-state index in [2.05, 4.69) is 4.18 Å². The first-order chi connectivity index (χ1) is 8.74. The zero-order valence-electron chi connectivity index (χ0n) is 10.6. The van der Waals surface area contributed by atoms with E-state index in [1.54, 1.807) is 12.1 Å². The molecule has 1 aromatic rings. The average molecular weight is 307 g/mol. The lowest BCUT2D eigenvalue weighted by Gasteiger charge is -2.05. The SMILES string of the molecule is CS(=O)(=O)OCCS(=O)(=O)c1ccc(CCN)cc1. The molecular formula is C11H17NO5S2. The van der Waals surface area contributed by atoms with Gasteiger partial charge in [-0.05, 0) is 30.7 Å². The second kappa shape index (κ2) is 6.47. The number of rotatable bonds is 7. The summed E-state index contributed by atoms with van der Waals surface area (Å²) in [6.45, 7) is 0.111. The van der Waals surface area contributed by atoms with E-state index in [0.717, 1.165) is 11.8 Å². The van der Waals surface area contributed by atoms with Crippen molar-refractivity contribution in [2.45, 2.75) is 11.3 Å². The summed E-state index contributed by atoms with van der Waals surface area (Å²) in [7, 11) is -7.16. The molecule has 0 aliphatic carbocycles. The van der Waals surface area contributed by atoms with Crippen molar-refractivity contribution in [1.29, 1.82) is 0 Å². The van der Waals surface area contributed by atoms with Crippen molar-refractivity contribution < 1.29 is 21.0 Å². The van der Waals surface area contributed by atoms with E-state index >= 15 is 0 Å². The van der Waals surface area contributed by atoms with E-state index in [9.17, 15) is 16.8 Å². The molecule has 108 valence electrons. The van der Waals surface area contributed by atoms with Gasteiger partial charge in [0.05, 0.1) is 23.5 Å². The van der Waals surface area contributed by atoms with Gasteiger partial charge in [0, 0.05) is 0 Å². The Bertz CT molecular complexity index is 605. The highest BCUT2D eigenvalue weighted by Gasteiger charge is 2.15. The van der Waals surface area contributed by atoms with Gasteiger partial charge in [-0.1, -0.05) is 12.1 Å². The second-order valence-corrected chi connectivity index (χ2v) is 7.78. The molecule has 0 fully saturated rings. The van der Waals surface area contributed by atoms with Gasteiger partial charge in [-0.2, -0.15) is 8.42 Å². The van der Waals surface area contributed by atoms with Crippen LogP contribution >= 0.6 is 0 Å². The topological polar surface area (TPSA) is 104 Å². The van der Waals surface area contributed by atoms with E-state index < -0.39 is 20.0 Å². The van der Waals surface area contributed by atoms with Crippen LogP contribution in [0.1, 0.15) is 5.56 Å². The molecule has 0 heterocycles. The van der Waals surface area contributed by atoms with Gasteiger partial charge in [0.15, 0.2) is 9.84 Å². The van der Waals surface area contributed by atoms with Crippen LogP contribution in [0, 0.1) is 0 Å². The van der Waals surface area contributed by atoms with Gasteiger partial charge in [-0.3, -0.25) is 4.18 Å². The number of nitrogens with two attached hydrogens (primary N) is 1. The predicted molar refractivity (Wildman–Crippen MR) is 72.0 cm³/mol. The number of hydrogen-bond acceptors (Lipinski definition) is 6. The third-order valence-electron chi connectivity index (χ3n) is 2.36. The summed E-state index contributed by atoms with van der Waals surface area (Å²) in [4.78, 5) is 0.144. The first-order valence-corrected chi connectivity index (χ1v) is 9.07. The molecule has 1 rings (SSSR count). The number of benzene rings is 1. The van der Waals surface area contributed by atoms with Gasteiger partial charge >= 0.3 is 0 Å². The zero-order valence-corrected chi connectivity index (χ0v) is 12.2. The average Bonchev–Trinajstić information content (AvgIpc) is 2.28. The maximum absolute atomic E-state index is 11.9. The molecule has 19 heavy (non-hydrogen) atoms. The van der Waals surface area contributed by atoms with Crippen molar-refractivity contribution in [2.75, 3.05) is 25.2 Å². The van der Waals surface area contributed by atoms with Crippen molar-refractivity contribution in [1.82, 2.24) is 0 Å². The fourth-order valence-corrected chi connectivity index (χ4v) is 3.02. The minimum absolute atomic E-state index is 0.144. The third-order valence-corrected chi connectivity index (χ3v) is 4.65. The number of sulfone groups is 1. The smallest absolute Gasteiger partial charge is 0.264 e.